The molecule has 0 aliphatic rings. The number of sulfonamides is 1. The first-order valence-electron chi connectivity index (χ1n) is 6.12. The average Bonchev–Trinajstić information content (AvgIpc) is 2.40. The van der Waals surface area contributed by atoms with Crippen molar-refractivity contribution in [3.63, 3.8) is 0 Å². The van der Waals surface area contributed by atoms with Gasteiger partial charge in [0.25, 0.3) is 0 Å². The van der Waals surface area contributed by atoms with Crippen LogP contribution in [0.1, 0.15) is 13.8 Å². The van der Waals surface area contributed by atoms with Crippen molar-refractivity contribution in [1.29, 1.82) is 0 Å². The maximum Gasteiger partial charge on any atom is 0.242 e. The monoisotopic (exact) mass is 397 g/mol. The Labute approximate surface area is 137 Å². The van der Waals surface area contributed by atoms with E-state index < -0.39 is 16.1 Å². The summed E-state index contributed by atoms with van der Waals surface area (Å²) in [6.45, 7) is 3.76. The molecule has 0 saturated heterocycles. The van der Waals surface area contributed by atoms with Crippen molar-refractivity contribution in [3.05, 3.63) is 21.6 Å². The molecular weight excluding hydrogens is 382 g/mol. The molecule has 1 rings (SSSR count). The highest BCUT2D eigenvalue weighted by atomic mass is 79.9. The van der Waals surface area contributed by atoms with Crippen molar-refractivity contribution < 1.29 is 13.2 Å². The summed E-state index contributed by atoms with van der Waals surface area (Å²) in [6.07, 6.45) is 0. The van der Waals surface area contributed by atoms with Crippen molar-refractivity contribution in [1.82, 2.24) is 9.62 Å². The van der Waals surface area contributed by atoms with E-state index in [9.17, 15) is 13.2 Å². The van der Waals surface area contributed by atoms with Gasteiger partial charge >= 0.3 is 0 Å². The molecule has 6 nitrogen and oxygen atoms in total. The zero-order valence-corrected chi connectivity index (χ0v) is 15.0. The number of nitrogens with one attached hydrogen (secondary N) is 1. The van der Waals surface area contributed by atoms with Gasteiger partial charge in [-0.25, -0.2) is 8.42 Å². The van der Waals surface area contributed by atoms with Crippen molar-refractivity contribution in [3.8, 4) is 0 Å². The number of nitrogens with two attached hydrogens (primary N) is 1. The molecule has 1 aromatic carbocycles. The third-order valence-electron chi connectivity index (χ3n) is 2.87. The summed E-state index contributed by atoms with van der Waals surface area (Å²) < 4.78 is 27.2. The molecule has 118 valence electrons. The van der Waals surface area contributed by atoms with Gasteiger partial charge in [-0.05, 0) is 41.9 Å². The number of benzene rings is 1. The van der Waals surface area contributed by atoms with E-state index in [0.29, 0.717) is 6.54 Å². The molecule has 9 heteroatoms. The lowest BCUT2D eigenvalue weighted by atomic mass is 10.3. The van der Waals surface area contributed by atoms with Gasteiger partial charge in [-0.1, -0.05) is 11.6 Å². The number of anilines is 1. The van der Waals surface area contributed by atoms with E-state index in [4.69, 9.17) is 17.3 Å². The lowest BCUT2D eigenvalue weighted by Gasteiger charge is -2.21. The van der Waals surface area contributed by atoms with Crippen LogP contribution in [-0.4, -0.2) is 38.9 Å². The Balaban J connectivity index is 3.11. The molecule has 0 heterocycles. The van der Waals surface area contributed by atoms with Crippen LogP contribution in [0.2, 0.25) is 5.02 Å². The molecular formula is C12H17BrClN3O3S. The zero-order chi connectivity index (χ0) is 16.4. The Kier molecular flexibility index (Phi) is 6.03. The number of carbonyl (C=O) groups excluding carboxylic acids is 1. The van der Waals surface area contributed by atoms with Crippen LogP contribution in [-0.2, 0) is 14.8 Å². The van der Waals surface area contributed by atoms with Crippen LogP contribution in [0.25, 0.3) is 0 Å². The van der Waals surface area contributed by atoms with Crippen molar-refractivity contribution >= 4 is 49.1 Å². The fraction of sp³-hybridized carbons (Fsp3) is 0.417. The van der Waals surface area contributed by atoms with E-state index in [2.05, 4.69) is 20.7 Å². The number of carbonyl (C=O) groups is 1. The molecule has 0 aliphatic carbocycles. The highest BCUT2D eigenvalue weighted by molar-refractivity contribution is 9.10. The second-order valence-electron chi connectivity index (χ2n) is 4.50. The quantitative estimate of drug-likeness (QED) is 0.740. The predicted octanol–water partition coefficient (Wildman–Crippen LogP) is 1.83. The van der Waals surface area contributed by atoms with E-state index in [-0.39, 0.29) is 26.0 Å². The predicted molar refractivity (Wildman–Crippen MR) is 86.7 cm³/mol. The number of halogens is 2. The minimum Gasteiger partial charge on any atom is -0.398 e. The van der Waals surface area contributed by atoms with Gasteiger partial charge in [0.15, 0.2) is 0 Å². The molecule has 0 fully saturated rings. The van der Waals surface area contributed by atoms with Crippen molar-refractivity contribution in [2.75, 3.05) is 19.3 Å². The summed E-state index contributed by atoms with van der Waals surface area (Å²) in [4.78, 5) is 13.3. The third-order valence-corrected chi connectivity index (χ3v) is 5.81. The normalized spacial score (nSPS) is 13.0. The number of rotatable bonds is 5. The number of hydrogen-bond donors (Lipinski definition) is 2. The van der Waals surface area contributed by atoms with Crippen LogP contribution in [0.15, 0.2) is 21.5 Å². The van der Waals surface area contributed by atoms with E-state index in [1.54, 1.807) is 14.0 Å². The molecule has 0 spiro atoms. The molecule has 1 aromatic rings. The maximum absolute atomic E-state index is 12.4. The fourth-order valence-corrected chi connectivity index (χ4v) is 4.10. The Hall–Kier alpha value is -0.830. The van der Waals surface area contributed by atoms with Crippen molar-refractivity contribution in [2.45, 2.75) is 24.8 Å². The van der Waals surface area contributed by atoms with Crippen LogP contribution in [0.4, 0.5) is 5.69 Å². The summed E-state index contributed by atoms with van der Waals surface area (Å²) in [6, 6.07) is 1.81. The van der Waals surface area contributed by atoms with Crippen LogP contribution in [0.5, 0.6) is 0 Å². The Bertz CT molecular complexity index is 651. The van der Waals surface area contributed by atoms with E-state index >= 15 is 0 Å². The fourth-order valence-electron chi connectivity index (χ4n) is 1.61. The summed E-state index contributed by atoms with van der Waals surface area (Å²) >= 11 is 8.95. The Morgan fingerprint density at radius 3 is 2.62 bits per heavy atom. The van der Waals surface area contributed by atoms with E-state index in [1.165, 1.54) is 24.0 Å². The van der Waals surface area contributed by atoms with Crippen molar-refractivity contribution in [2.24, 2.45) is 0 Å². The van der Waals surface area contributed by atoms with Crippen LogP contribution in [0, 0.1) is 0 Å². The minimum absolute atomic E-state index is 0.105. The largest absolute Gasteiger partial charge is 0.398 e. The van der Waals surface area contributed by atoms with E-state index in [0.717, 1.165) is 0 Å². The number of hydrogen-bond acceptors (Lipinski definition) is 4. The van der Waals surface area contributed by atoms with Crippen LogP contribution >= 0.6 is 27.5 Å². The number of nitrogens with zero attached hydrogens (tertiary/aromatic N) is 1. The molecule has 0 aromatic heterocycles. The Morgan fingerprint density at radius 1 is 1.52 bits per heavy atom. The lowest BCUT2D eigenvalue weighted by Crippen LogP contribution is -2.45. The molecule has 0 saturated carbocycles. The molecule has 1 amide bonds. The molecule has 0 radical (unpaired) electrons. The van der Waals surface area contributed by atoms with Gasteiger partial charge in [0.1, 0.15) is 0 Å². The molecule has 0 bridgehead atoms. The first kappa shape index (κ1) is 18.2. The second kappa shape index (κ2) is 6.95. The summed E-state index contributed by atoms with van der Waals surface area (Å²) in [5.74, 6) is -0.327. The SMILES string of the molecule is CCN(C)C(=O)C(C)NS(=O)(=O)c1cc(Cl)cc(N)c1Br. The maximum atomic E-state index is 12.4. The van der Waals surface area contributed by atoms with Gasteiger partial charge in [-0.15, -0.1) is 0 Å². The molecule has 21 heavy (non-hydrogen) atoms. The zero-order valence-electron chi connectivity index (χ0n) is 11.9. The average molecular weight is 399 g/mol. The molecule has 3 N–H and O–H groups in total. The third kappa shape index (κ3) is 4.32. The van der Waals surface area contributed by atoms with Crippen LogP contribution < -0.4 is 10.5 Å². The Morgan fingerprint density at radius 2 is 2.10 bits per heavy atom. The number of likely N-dealkylation sites (N-methyl/N-ethyl adjacent to an activating group) is 1. The number of amides is 1. The summed E-state index contributed by atoms with van der Waals surface area (Å²) in [5.41, 5.74) is 5.88. The molecule has 0 aliphatic heterocycles. The first-order valence-corrected chi connectivity index (χ1v) is 8.77. The standard InChI is InChI=1S/C12H17BrClN3O3S/c1-4-17(3)12(18)7(2)16-21(19,20)10-6-8(14)5-9(15)11(10)13/h5-7,16H,4,15H2,1-3H3. The first-order chi connectivity index (χ1) is 9.60. The molecule has 1 unspecified atom stereocenters. The van der Waals surface area contributed by atoms with Gasteiger partial charge < -0.3 is 10.6 Å². The van der Waals surface area contributed by atoms with Gasteiger partial charge in [0.2, 0.25) is 15.9 Å². The van der Waals surface area contributed by atoms with E-state index in [1.807, 2.05) is 0 Å². The van der Waals surface area contributed by atoms with Gasteiger partial charge in [0.05, 0.1) is 15.4 Å². The smallest absolute Gasteiger partial charge is 0.242 e. The van der Waals surface area contributed by atoms with Gasteiger partial charge in [0, 0.05) is 24.3 Å². The van der Waals surface area contributed by atoms with Gasteiger partial charge in [-0.2, -0.15) is 4.72 Å². The highest BCUT2D eigenvalue weighted by Crippen LogP contribution is 2.31. The van der Waals surface area contributed by atoms with Crippen LogP contribution in [0.3, 0.4) is 0 Å². The lowest BCUT2D eigenvalue weighted by molar-refractivity contribution is -0.131. The highest BCUT2D eigenvalue weighted by Gasteiger charge is 2.26. The topological polar surface area (TPSA) is 92.5 Å². The molecule has 1 atom stereocenters. The minimum atomic E-state index is -3.93. The second-order valence-corrected chi connectivity index (χ2v) is 7.41. The summed E-state index contributed by atoms with van der Waals surface area (Å²) in [7, 11) is -2.33. The number of nitrogen functional groups attached to an aromatic ring is 1. The van der Waals surface area contributed by atoms with Gasteiger partial charge in [-0.3, -0.25) is 4.79 Å². The summed E-state index contributed by atoms with van der Waals surface area (Å²) in [5, 5.41) is 0.195.